The van der Waals surface area contributed by atoms with Gasteiger partial charge in [0.25, 0.3) is 10.0 Å². The van der Waals surface area contributed by atoms with Crippen molar-refractivity contribution in [3.8, 4) is 11.4 Å². The molecule has 0 aliphatic carbocycles. The minimum absolute atomic E-state index is 0.00617. The molecule has 0 aromatic carbocycles. The Balaban J connectivity index is 1.85. The number of sulfonamides is 1. The van der Waals surface area contributed by atoms with Crippen molar-refractivity contribution < 1.29 is 22.8 Å². The molecule has 1 aliphatic heterocycles. The Kier molecular flexibility index (Phi) is 4.21. The summed E-state index contributed by atoms with van der Waals surface area (Å²) in [6.07, 6.45) is 1.04. The zero-order valence-electron chi connectivity index (χ0n) is 12.3. The van der Waals surface area contributed by atoms with Gasteiger partial charge >= 0.3 is 5.97 Å². The highest BCUT2D eigenvalue weighted by Crippen LogP contribution is 2.31. The van der Waals surface area contributed by atoms with Gasteiger partial charge in [-0.1, -0.05) is 5.16 Å². The number of piperidine rings is 1. The first-order chi connectivity index (χ1) is 10.9. The van der Waals surface area contributed by atoms with E-state index in [2.05, 4.69) is 10.1 Å². The topological polar surface area (TPSA) is 114 Å². The summed E-state index contributed by atoms with van der Waals surface area (Å²) in [6, 6.07) is 1.49. The van der Waals surface area contributed by atoms with Gasteiger partial charge in [0.2, 0.25) is 11.7 Å². The largest absolute Gasteiger partial charge is 0.481 e. The van der Waals surface area contributed by atoms with E-state index in [-0.39, 0.29) is 10.8 Å². The predicted octanol–water partition coefficient (Wildman–Crippen LogP) is 1.59. The van der Waals surface area contributed by atoms with Crippen LogP contribution in [-0.4, -0.2) is 47.0 Å². The molecule has 124 valence electrons. The molecule has 0 spiro atoms. The Labute approximate surface area is 136 Å². The first-order valence-corrected chi connectivity index (χ1v) is 9.32. The summed E-state index contributed by atoms with van der Waals surface area (Å²) in [7, 11) is -3.71. The number of aromatic nitrogens is 2. The van der Waals surface area contributed by atoms with Crippen LogP contribution in [0.3, 0.4) is 0 Å². The summed E-state index contributed by atoms with van der Waals surface area (Å²) in [5.74, 6) is -0.880. The maximum atomic E-state index is 12.7. The van der Waals surface area contributed by atoms with E-state index >= 15 is 0 Å². The number of carbonyl (C=O) groups is 1. The minimum atomic E-state index is -3.71. The lowest BCUT2D eigenvalue weighted by Crippen LogP contribution is -2.42. The predicted molar refractivity (Wildman–Crippen MR) is 81.5 cm³/mol. The van der Waals surface area contributed by atoms with Crippen LogP contribution >= 0.6 is 11.3 Å². The van der Waals surface area contributed by atoms with Crippen LogP contribution < -0.4 is 0 Å². The number of aliphatic carboxylic acids is 1. The Morgan fingerprint density at radius 3 is 2.96 bits per heavy atom. The Morgan fingerprint density at radius 2 is 2.30 bits per heavy atom. The summed E-state index contributed by atoms with van der Waals surface area (Å²) >= 11 is 1.07. The fourth-order valence-electron chi connectivity index (χ4n) is 2.48. The molecule has 0 radical (unpaired) electrons. The highest BCUT2D eigenvalue weighted by atomic mass is 32.2. The number of nitrogens with zero attached hydrogens (tertiary/aromatic N) is 3. The zero-order valence-corrected chi connectivity index (χ0v) is 13.9. The standard InChI is InChI=1S/C13H15N3O5S2/c1-8-14-12(15-21-8)10-5-11(22-7-10)23(19,20)16-4-2-3-9(6-16)13(17)18/h5,7,9H,2-4,6H2,1H3,(H,17,18)/t9-/m0/s1. The minimum Gasteiger partial charge on any atom is -0.481 e. The molecule has 1 saturated heterocycles. The summed E-state index contributed by atoms with van der Waals surface area (Å²) in [6.45, 7) is 1.99. The molecule has 1 aliphatic rings. The van der Waals surface area contributed by atoms with Crippen LogP contribution in [0.2, 0.25) is 0 Å². The van der Waals surface area contributed by atoms with Crippen molar-refractivity contribution in [2.75, 3.05) is 13.1 Å². The Morgan fingerprint density at radius 1 is 1.52 bits per heavy atom. The zero-order chi connectivity index (χ0) is 16.6. The van der Waals surface area contributed by atoms with Gasteiger partial charge in [0, 0.05) is 31.0 Å². The monoisotopic (exact) mass is 357 g/mol. The first-order valence-electron chi connectivity index (χ1n) is 7.00. The number of carboxylic acids is 1. The third-order valence-corrected chi connectivity index (χ3v) is 6.97. The molecule has 0 unspecified atom stereocenters. The van der Waals surface area contributed by atoms with E-state index in [1.165, 1.54) is 10.4 Å². The van der Waals surface area contributed by atoms with Crippen molar-refractivity contribution in [3.05, 3.63) is 17.3 Å². The van der Waals surface area contributed by atoms with Gasteiger partial charge < -0.3 is 9.63 Å². The quantitative estimate of drug-likeness (QED) is 0.884. The molecule has 8 nitrogen and oxygen atoms in total. The maximum absolute atomic E-state index is 12.7. The first kappa shape index (κ1) is 16.1. The molecule has 0 amide bonds. The molecule has 2 aromatic rings. The van der Waals surface area contributed by atoms with E-state index in [0.29, 0.717) is 36.7 Å². The number of aryl methyl sites for hydroxylation is 1. The highest BCUT2D eigenvalue weighted by molar-refractivity contribution is 7.91. The van der Waals surface area contributed by atoms with Gasteiger partial charge in [0.1, 0.15) is 4.21 Å². The molecular weight excluding hydrogens is 342 g/mol. The molecule has 0 saturated carbocycles. The van der Waals surface area contributed by atoms with Crippen molar-refractivity contribution in [2.24, 2.45) is 5.92 Å². The van der Waals surface area contributed by atoms with Crippen LogP contribution in [0.5, 0.6) is 0 Å². The number of hydrogen-bond donors (Lipinski definition) is 1. The molecule has 3 rings (SSSR count). The second-order valence-electron chi connectivity index (χ2n) is 5.33. The van der Waals surface area contributed by atoms with Crippen molar-refractivity contribution >= 4 is 27.3 Å². The van der Waals surface area contributed by atoms with Crippen molar-refractivity contribution in [3.63, 3.8) is 0 Å². The van der Waals surface area contributed by atoms with Crippen LogP contribution in [0, 0.1) is 12.8 Å². The highest BCUT2D eigenvalue weighted by Gasteiger charge is 2.34. The lowest BCUT2D eigenvalue weighted by Gasteiger charge is -2.29. The number of rotatable bonds is 4. The van der Waals surface area contributed by atoms with E-state index in [9.17, 15) is 13.2 Å². The van der Waals surface area contributed by atoms with E-state index in [4.69, 9.17) is 9.63 Å². The maximum Gasteiger partial charge on any atom is 0.307 e. The van der Waals surface area contributed by atoms with Gasteiger partial charge in [-0.2, -0.15) is 9.29 Å². The molecular formula is C13H15N3O5S2. The lowest BCUT2D eigenvalue weighted by atomic mass is 10.0. The van der Waals surface area contributed by atoms with E-state index < -0.39 is 21.9 Å². The SMILES string of the molecule is Cc1nc(-c2csc(S(=O)(=O)N3CCC[C@H](C(=O)O)C3)c2)no1. The molecule has 2 aromatic heterocycles. The number of thiophene rings is 1. The van der Waals surface area contributed by atoms with Gasteiger partial charge in [-0.25, -0.2) is 8.42 Å². The third-order valence-electron chi connectivity index (χ3n) is 3.69. The van der Waals surface area contributed by atoms with Gasteiger partial charge in [-0.15, -0.1) is 11.3 Å². The van der Waals surface area contributed by atoms with Crippen LogP contribution in [0.4, 0.5) is 0 Å². The number of hydrogen-bond acceptors (Lipinski definition) is 7. The second kappa shape index (κ2) is 6.02. The molecule has 3 heterocycles. The number of carboxylic acid groups (broad SMARTS) is 1. The molecule has 0 bridgehead atoms. The van der Waals surface area contributed by atoms with Crippen LogP contribution in [0.15, 0.2) is 20.2 Å². The van der Waals surface area contributed by atoms with Gasteiger partial charge in [0.05, 0.1) is 5.92 Å². The average molecular weight is 357 g/mol. The van der Waals surface area contributed by atoms with Crippen molar-refractivity contribution in [1.82, 2.24) is 14.4 Å². The summed E-state index contributed by atoms with van der Waals surface area (Å²) in [4.78, 5) is 15.2. The lowest BCUT2D eigenvalue weighted by molar-refractivity contribution is -0.142. The van der Waals surface area contributed by atoms with Crippen LogP contribution in [-0.2, 0) is 14.8 Å². The molecule has 10 heteroatoms. The summed E-state index contributed by atoms with van der Waals surface area (Å²) in [5.41, 5.74) is 0.567. The smallest absolute Gasteiger partial charge is 0.307 e. The van der Waals surface area contributed by atoms with Gasteiger partial charge in [-0.3, -0.25) is 4.79 Å². The summed E-state index contributed by atoms with van der Waals surface area (Å²) in [5, 5.41) is 14.5. The Bertz CT molecular complexity index is 826. The van der Waals surface area contributed by atoms with Crippen molar-refractivity contribution in [1.29, 1.82) is 0 Å². The normalized spacial score (nSPS) is 19.8. The fraction of sp³-hybridized carbons (Fsp3) is 0.462. The van der Waals surface area contributed by atoms with E-state index in [1.807, 2.05) is 0 Å². The second-order valence-corrected chi connectivity index (χ2v) is 8.41. The summed E-state index contributed by atoms with van der Waals surface area (Å²) < 4.78 is 31.7. The Hall–Kier alpha value is -1.78. The third kappa shape index (κ3) is 3.14. The van der Waals surface area contributed by atoms with Gasteiger partial charge in [-0.05, 0) is 18.9 Å². The molecule has 1 fully saturated rings. The van der Waals surface area contributed by atoms with E-state index in [1.54, 1.807) is 12.3 Å². The van der Waals surface area contributed by atoms with Crippen LogP contribution in [0.1, 0.15) is 18.7 Å². The van der Waals surface area contributed by atoms with E-state index in [0.717, 1.165) is 11.3 Å². The average Bonchev–Trinajstić information content (AvgIpc) is 3.16. The molecule has 1 N–H and O–H groups in total. The van der Waals surface area contributed by atoms with Crippen LogP contribution in [0.25, 0.3) is 11.4 Å². The molecule has 23 heavy (non-hydrogen) atoms. The van der Waals surface area contributed by atoms with Gasteiger partial charge in [0.15, 0.2) is 0 Å². The molecule has 1 atom stereocenters. The fourth-order valence-corrected chi connectivity index (χ4v) is 5.31. The van der Waals surface area contributed by atoms with Crippen molar-refractivity contribution in [2.45, 2.75) is 24.0 Å².